The summed E-state index contributed by atoms with van der Waals surface area (Å²) in [5, 5.41) is 0.208. The molecule has 3 heteroatoms. The predicted octanol–water partition coefficient (Wildman–Crippen LogP) is 3.36. The lowest BCUT2D eigenvalue weighted by atomic mass is 10.0. The van der Waals surface area contributed by atoms with E-state index in [1.165, 1.54) is 6.08 Å². The minimum absolute atomic E-state index is 0.208. The van der Waals surface area contributed by atoms with E-state index in [0.717, 1.165) is 0 Å². The van der Waals surface area contributed by atoms with Crippen molar-refractivity contribution in [3.8, 4) is 0 Å². The third-order valence-electron chi connectivity index (χ3n) is 1.34. The van der Waals surface area contributed by atoms with Crippen LogP contribution in [0.1, 0.15) is 13.3 Å². The molecule has 0 saturated heterocycles. The Hall–Kier alpha value is -0.0100. The molecule has 0 heterocycles. The van der Waals surface area contributed by atoms with Crippen molar-refractivity contribution in [1.29, 1.82) is 0 Å². The van der Waals surface area contributed by atoms with Gasteiger partial charge < -0.3 is 0 Å². The van der Waals surface area contributed by atoms with Crippen LogP contribution in [0.15, 0.2) is 23.0 Å². The molecular formula is C7H7Cl2F. The van der Waals surface area contributed by atoms with Gasteiger partial charge in [-0.15, -0.1) is 11.6 Å². The zero-order chi connectivity index (χ0) is 7.78. The first kappa shape index (κ1) is 8.09. The average molecular weight is 181 g/mol. The minimum Gasteiger partial charge on any atom is -0.206 e. The van der Waals surface area contributed by atoms with E-state index in [0.29, 0.717) is 6.42 Å². The summed E-state index contributed by atoms with van der Waals surface area (Å²) in [5.41, 5.74) is 0. The minimum atomic E-state index is -0.507. The van der Waals surface area contributed by atoms with Crippen molar-refractivity contribution in [3.63, 3.8) is 0 Å². The lowest BCUT2D eigenvalue weighted by Crippen LogP contribution is -2.15. The molecule has 0 aromatic rings. The summed E-state index contributed by atoms with van der Waals surface area (Å²) >= 11 is 11.4. The van der Waals surface area contributed by atoms with Crippen LogP contribution < -0.4 is 0 Å². The van der Waals surface area contributed by atoms with E-state index in [1.807, 2.05) is 0 Å². The van der Waals surface area contributed by atoms with E-state index >= 15 is 0 Å². The molecule has 0 nitrogen and oxygen atoms in total. The SMILES string of the molecule is CC1(Cl)C=CC(F)=C(Cl)C1. The van der Waals surface area contributed by atoms with Gasteiger partial charge in [0.2, 0.25) is 0 Å². The third-order valence-corrected chi connectivity index (χ3v) is 1.91. The number of alkyl halides is 1. The fraction of sp³-hybridized carbons (Fsp3) is 0.429. The van der Waals surface area contributed by atoms with Crippen LogP contribution in [0.4, 0.5) is 4.39 Å². The van der Waals surface area contributed by atoms with Crippen LogP contribution in [0, 0.1) is 0 Å². The normalized spacial score (nSPS) is 33.2. The van der Waals surface area contributed by atoms with Crippen molar-refractivity contribution >= 4 is 23.2 Å². The van der Waals surface area contributed by atoms with E-state index in [4.69, 9.17) is 23.2 Å². The maximum absolute atomic E-state index is 12.5. The Kier molecular flexibility index (Phi) is 2.07. The summed E-state index contributed by atoms with van der Waals surface area (Å²) in [6.45, 7) is 1.79. The highest BCUT2D eigenvalue weighted by atomic mass is 35.5. The van der Waals surface area contributed by atoms with Gasteiger partial charge in [-0.3, -0.25) is 0 Å². The van der Waals surface area contributed by atoms with Gasteiger partial charge in [-0.25, -0.2) is 4.39 Å². The molecule has 0 fully saturated rings. The Balaban J connectivity index is 2.85. The molecular weight excluding hydrogens is 174 g/mol. The first-order valence-electron chi connectivity index (χ1n) is 2.93. The molecule has 10 heavy (non-hydrogen) atoms. The predicted molar refractivity (Wildman–Crippen MR) is 42.0 cm³/mol. The first-order valence-corrected chi connectivity index (χ1v) is 3.69. The van der Waals surface area contributed by atoms with Gasteiger partial charge >= 0.3 is 0 Å². The highest BCUT2D eigenvalue weighted by molar-refractivity contribution is 6.32. The van der Waals surface area contributed by atoms with Crippen molar-refractivity contribution in [1.82, 2.24) is 0 Å². The van der Waals surface area contributed by atoms with Crippen LogP contribution in [0.3, 0.4) is 0 Å². The molecule has 1 rings (SSSR count). The molecule has 56 valence electrons. The van der Waals surface area contributed by atoms with Crippen LogP contribution in [-0.2, 0) is 0 Å². The highest BCUT2D eigenvalue weighted by Crippen LogP contribution is 2.34. The Labute approximate surface area is 69.3 Å². The van der Waals surface area contributed by atoms with Gasteiger partial charge in [-0.1, -0.05) is 17.7 Å². The van der Waals surface area contributed by atoms with Gasteiger partial charge in [0.15, 0.2) is 0 Å². The fourth-order valence-electron chi connectivity index (χ4n) is 0.784. The van der Waals surface area contributed by atoms with Crippen LogP contribution >= 0.6 is 23.2 Å². The molecule has 0 bridgehead atoms. The zero-order valence-corrected chi connectivity index (χ0v) is 7.01. The summed E-state index contributed by atoms with van der Waals surface area (Å²) in [7, 11) is 0. The van der Waals surface area contributed by atoms with E-state index in [2.05, 4.69) is 0 Å². The first-order chi connectivity index (χ1) is 4.51. The molecule has 1 aliphatic rings. The number of allylic oxidation sites excluding steroid dienone is 4. The smallest absolute Gasteiger partial charge is 0.137 e. The lowest BCUT2D eigenvalue weighted by Gasteiger charge is -2.19. The Bertz CT molecular complexity index is 204. The number of rotatable bonds is 0. The third kappa shape index (κ3) is 1.74. The van der Waals surface area contributed by atoms with Crippen LogP contribution in [0.2, 0.25) is 0 Å². The van der Waals surface area contributed by atoms with Gasteiger partial charge in [0.1, 0.15) is 5.83 Å². The number of hydrogen-bond acceptors (Lipinski definition) is 0. The molecule has 0 aromatic carbocycles. The maximum Gasteiger partial charge on any atom is 0.137 e. The molecule has 0 spiro atoms. The van der Waals surface area contributed by atoms with E-state index in [9.17, 15) is 4.39 Å². The summed E-state index contributed by atoms with van der Waals surface area (Å²) in [6, 6.07) is 0. The largest absolute Gasteiger partial charge is 0.206 e. The van der Waals surface area contributed by atoms with E-state index in [-0.39, 0.29) is 10.9 Å². The number of halogens is 3. The molecule has 0 aromatic heterocycles. The zero-order valence-electron chi connectivity index (χ0n) is 5.50. The second kappa shape index (κ2) is 2.55. The van der Waals surface area contributed by atoms with Crippen molar-refractivity contribution in [2.75, 3.05) is 0 Å². The fourth-order valence-corrected chi connectivity index (χ4v) is 1.39. The van der Waals surface area contributed by atoms with Gasteiger partial charge in [-0.2, -0.15) is 0 Å². The molecule has 0 saturated carbocycles. The molecule has 0 amide bonds. The van der Waals surface area contributed by atoms with Gasteiger partial charge in [0.25, 0.3) is 0 Å². The van der Waals surface area contributed by atoms with Crippen LogP contribution in [-0.4, -0.2) is 4.87 Å². The van der Waals surface area contributed by atoms with Crippen molar-refractivity contribution < 1.29 is 4.39 Å². The van der Waals surface area contributed by atoms with Gasteiger partial charge in [-0.05, 0) is 13.0 Å². The highest BCUT2D eigenvalue weighted by Gasteiger charge is 2.23. The van der Waals surface area contributed by atoms with Crippen LogP contribution in [0.25, 0.3) is 0 Å². The maximum atomic E-state index is 12.5. The quantitative estimate of drug-likeness (QED) is 0.502. The van der Waals surface area contributed by atoms with Crippen LogP contribution in [0.5, 0.6) is 0 Å². The van der Waals surface area contributed by atoms with Gasteiger partial charge in [0.05, 0.1) is 9.91 Å². The second-order valence-corrected chi connectivity index (χ2v) is 3.86. The standard InChI is InChI=1S/C7H7Cl2F/c1-7(9)3-2-6(10)5(8)4-7/h2-3H,4H2,1H3. The summed E-state index contributed by atoms with van der Waals surface area (Å²) in [4.78, 5) is -0.507. The Morgan fingerprint density at radius 3 is 2.70 bits per heavy atom. The molecule has 1 unspecified atom stereocenters. The van der Waals surface area contributed by atoms with Crippen molar-refractivity contribution in [2.24, 2.45) is 0 Å². The topological polar surface area (TPSA) is 0 Å². The molecule has 0 N–H and O–H groups in total. The van der Waals surface area contributed by atoms with E-state index < -0.39 is 4.87 Å². The lowest BCUT2D eigenvalue weighted by molar-refractivity contribution is 0.628. The monoisotopic (exact) mass is 180 g/mol. The molecule has 0 aliphatic heterocycles. The van der Waals surface area contributed by atoms with Crippen molar-refractivity contribution in [2.45, 2.75) is 18.2 Å². The van der Waals surface area contributed by atoms with E-state index in [1.54, 1.807) is 13.0 Å². The average Bonchev–Trinajstić information content (AvgIpc) is 1.79. The van der Waals surface area contributed by atoms with Crippen molar-refractivity contribution in [3.05, 3.63) is 23.0 Å². The summed E-state index contributed by atoms with van der Waals surface area (Å²) in [5.74, 6) is -0.375. The Morgan fingerprint density at radius 2 is 2.30 bits per heavy atom. The number of hydrogen-bond donors (Lipinski definition) is 0. The summed E-state index contributed by atoms with van der Waals surface area (Å²) in [6.07, 6.45) is 3.28. The Morgan fingerprint density at radius 1 is 1.70 bits per heavy atom. The van der Waals surface area contributed by atoms with Gasteiger partial charge in [0, 0.05) is 6.42 Å². The molecule has 1 atom stereocenters. The molecule has 0 radical (unpaired) electrons. The summed E-state index contributed by atoms with van der Waals surface area (Å²) < 4.78 is 12.5. The molecule has 1 aliphatic carbocycles. The second-order valence-electron chi connectivity index (χ2n) is 2.54.